The van der Waals surface area contributed by atoms with Gasteiger partial charge in [0.15, 0.2) is 0 Å². The number of benzene rings is 3. The Labute approximate surface area is 205 Å². The molecule has 0 bridgehead atoms. The first-order valence-corrected chi connectivity index (χ1v) is 12.8. The maximum Gasteiger partial charge on any atom is 0.270 e. The Bertz CT molecular complexity index is 1420. The molecule has 180 valence electrons. The van der Waals surface area contributed by atoms with E-state index in [0.29, 0.717) is 16.9 Å². The lowest BCUT2D eigenvalue weighted by molar-refractivity contribution is 0.102. The van der Waals surface area contributed by atoms with Gasteiger partial charge in [-0.1, -0.05) is 53.8 Å². The van der Waals surface area contributed by atoms with Crippen molar-refractivity contribution in [2.45, 2.75) is 24.4 Å². The minimum Gasteiger partial charge on any atom is -0.489 e. The van der Waals surface area contributed by atoms with Gasteiger partial charge in [0.2, 0.25) is 9.47 Å². The number of sulfonamides is 1. The maximum atomic E-state index is 13.0. The third-order valence-corrected chi connectivity index (χ3v) is 7.56. The van der Waals surface area contributed by atoms with Crippen LogP contribution in [0.4, 0.5) is 9.52 Å². The number of halogens is 1. The molecule has 2 N–H and O–H groups in total. The van der Waals surface area contributed by atoms with Crippen molar-refractivity contribution in [1.29, 1.82) is 0 Å². The summed E-state index contributed by atoms with van der Waals surface area (Å²) in [4.78, 5) is 12.4. The number of ether oxygens (including phenoxy) is 1. The fourth-order valence-corrected chi connectivity index (χ4v) is 5.01. The fourth-order valence-electron chi connectivity index (χ4n) is 3.05. The monoisotopic (exact) mass is 512 g/mol. The van der Waals surface area contributed by atoms with E-state index >= 15 is 0 Å². The summed E-state index contributed by atoms with van der Waals surface area (Å²) in [7, 11) is -3.92. The molecule has 4 aromatic rings. The minimum absolute atomic E-state index is 0.0328. The molecule has 0 radical (unpaired) electrons. The lowest BCUT2D eigenvalue weighted by atomic mass is 10.1. The van der Waals surface area contributed by atoms with Gasteiger partial charge in [-0.3, -0.25) is 10.1 Å². The third-order valence-electron chi connectivity index (χ3n) is 4.95. The molecule has 1 heterocycles. The SMILES string of the molecule is Cc1ccccc1C(=O)Nc1nnc(S(=O)(=O)NCc2ccc(OCc3ccc(F)cc3)cc2)s1. The Morgan fingerprint density at radius 1 is 0.971 bits per heavy atom. The van der Waals surface area contributed by atoms with E-state index in [-0.39, 0.29) is 28.4 Å². The van der Waals surface area contributed by atoms with Gasteiger partial charge in [-0.05, 0) is 53.9 Å². The number of carbonyl (C=O) groups is 1. The zero-order valence-corrected chi connectivity index (χ0v) is 20.2. The Hall–Kier alpha value is -3.67. The van der Waals surface area contributed by atoms with Crippen molar-refractivity contribution in [2.75, 3.05) is 5.32 Å². The molecule has 11 heteroatoms. The van der Waals surface area contributed by atoms with Crippen LogP contribution in [0.5, 0.6) is 5.75 Å². The number of nitrogens with one attached hydrogen (secondary N) is 2. The Morgan fingerprint density at radius 3 is 2.37 bits per heavy atom. The van der Waals surface area contributed by atoms with Crippen molar-refractivity contribution in [3.8, 4) is 5.75 Å². The zero-order valence-electron chi connectivity index (χ0n) is 18.6. The van der Waals surface area contributed by atoms with Gasteiger partial charge in [0.05, 0.1) is 0 Å². The molecule has 0 aliphatic heterocycles. The van der Waals surface area contributed by atoms with Gasteiger partial charge >= 0.3 is 0 Å². The lowest BCUT2D eigenvalue weighted by Gasteiger charge is -2.08. The largest absolute Gasteiger partial charge is 0.489 e. The molecule has 0 fully saturated rings. The number of aryl methyl sites for hydroxylation is 1. The van der Waals surface area contributed by atoms with Crippen molar-refractivity contribution in [2.24, 2.45) is 0 Å². The highest BCUT2D eigenvalue weighted by Gasteiger charge is 2.21. The van der Waals surface area contributed by atoms with E-state index < -0.39 is 15.9 Å². The first-order valence-electron chi connectivity index (χ1n) is 10.5. The quantitative estimate of drug-likeness (QED) is 0.324. The molecule has 1 aromatic heterocycles. The van der Waals surface area contributed by atoms with Crippen LogP contribution in [0.1, 0.15) is 27.0 Å². The molecule has 0 aliphatic rings. The van der Waals surface area contributed by atoms with Crippen molar-refractivity contribution in [1.82, 2.24) is 14.9 Å². The van der Waals surface area contributed by atoms with Crippen molar-refractivity contribution >= 4 is 32.4 Å². The van der Waals surface area contributed by atoms with Crippen molar-refractivity contribution < 1.29 is 22.3 Å². The summed E-state index contributed by atoms with van der Waals surface area (Å²) >= 11 is 0.764. The predicted molar refractivity (Wildman–Crippen MR) is 130 cm³/mol. The topological polar surface area (TPSA) is 110 Å². The fraction of sp³-hybridized carbons (Fsp3) is 0.125. The molecule has 0 spiro atoms. The van der Waals surface area contributed by atoms with Gasteiger partial charge in [0.25, 0.3) is 15.9 Å². The van der Waals surface area contributed by atoms with Crippen LogP contribution in [0, 0.1) is 12.7 Å². The smallest absolute Gasteiger partial charge is 0.270 e. The van der Waals surface area contributed by atoms with Gasteiger partial charge < -0.3 is 4.74 Å². The van der Waals surface area contributed by atoms with Gasteiger partial charge in [-0.15, -0.1) is 10.2 Å². The van der Waals surface area contributed by atoms with E-state index in [9.17, 15) is 17.6 Å². The Morgan fingerprint density at radius 2 is 1.66 bits per heavy atom. The molecular formula is C24H21FN4O4S2. The maximum absolute atomic E-state index is 13.0. The molecule has 0 atom stereocenters. The highest BCUT2D eigenvalue weighted by Crippen LogP contribution is 2.22. The van der Waals surface area contributed by atoms with Crippen LogP contribution in [-0.2, 0) is 23.2 Å². The number of nitrogens with zero attached hydrogens (tertiary/aromatic N) is 2. The normalized spacial score (nSPS) is 11.3. The average Bonchev–Trinajstić information content (AvgIpc) is 3.33. The van der Waals surface area contributed by atoms with Crippen molar-refractivity contribution in [3.05, 3.63) is 101 Å². The van der Waals surface area contributed by atoms with E-state index in [1.54, 1.807) is 61.5 Å². The van der Waals surface area contributed by atoms with Crippen LogP contribution in [-0.4, -0.2) is 24.5 Å². The summed E-state index contributed by atoms with van der Waals surface area (Å²) in [6.07, 6.45) is 0. The molecule has 1 amide bonds. The van der Waals surface area contributed by atoms with Gasteiger partial charge in [0, 0.05) is 12.1 Å². The molecular weight excluding hydrogens is 491 g/mol. The number of hydrogen-bond donors (Lipinski definition) is 2. The van der Waals surface area contributed by atoms with Crippen LogP contribution in [0.3, 0.4) is 0 Å². The lowest BCUT2D eigenvalue weighted by Crippen LogP contribution is -2.23. The van der Waals surface area contributed by atoms with Gasteiger partial charge in [-0.2, -0.15) is 0 Å². The molecule has 35 heavy (non-hydrogen) atoms. The number of rotatable bonds is 9. The number of hydrogen-bond acceptors (Lipinski definition) is 7. The molecule has 4 rings (SSSR count). The van der Waals surface area contributed by atoms with E-state index in [0.717, 1.165) is 22.5 Å². The summed E-state index contributed by atoms with van der Waals surface area (Å²) in [5, 5.41) is 10.1. The standard InChI is InChI=1S/C24H21FN4O4S2/c1-16-4-2-3-5-21(16)22(30)27-23-28-29-24(34-23)35(31,32)26-14-17-8-12-20(13-9-17)33-15-18-6-10-19(25)11-7-18/h2-13,26H,14-15H2,1H3,(H,27,28,30). The van der Waals surface area contributed by atoms with E-state index in [2.05, 4.69) is 20.2 Å². The zero-order chi connectivity index (χ0) is 24.8. The highest BCUT2D eigenvalue weighted by atomic mass is 32.2. The molecule has 0 unspecified atom stereocenters. The van der Waals surface area contributed by atoms with E-state index in [1.807, 2.05) is 6.07 Å². The summed E-state index contributed by atoms with van der Waals surface area (Å²) < 4.78 is 46.1. The number of amides is 1. The van der Waals surface area contributed by atoms with Crippen LogP contribution in [0.2, 0.25) is 0 Å². The van der Waals surface area contributed by atoms with Gasteiger partial charge in [-0.25, -0.2) is 17.5 Å². The van der Waals surface area contributed by atoms with Crippen LogP contribution < -0.4 is 14.8 Å². The summed E-state index contributed by atoms with van der Waals surface area (Å²) in [5.74, 6) is -0.102. The summed E-state index contributed by atoms with van der Waals surface area (Å²) in [6.45, 7) is 2.12. The minimum atomic E-state index is -3.92. The second kappa shape index (κ2) is 10.7. The van der Waals surface area contributed by atoms with Gasteiger partial charge in [0.1, 0.15) is 18.2 Å². The summed E-state index contributed by atoms with van der Waals surface area (Å²) in [5.41, 5.74) is 2.79. The van der Waals surface area contributed by atoms with E-state index in [1.165, 1.54) is 12.1 Å². The van der Waals surface area contributed by atoms with Crippen molar-refractivity contribution in [3.63, 3.8) is 0 Å². The first-order chi connectivity index (χ1) is 16.8. The Kier molecular flexibility index (Phi) is 7.49. The third kappa shape index (κ3) is 6.47. The molecule has 0 saturated heterocycles. The number of anilines is 1. The Balaban J connectivity index is 1.31. The summed E-state index contributed by atoms with van der Waals surface area (Å²) in [6, 6.07) is 20.0. The number of aromatic nitrogens is 2. The highest BCUT2D eigenvalue weighted by molar-refractivity contribution is 7.91. The second-order valence-corrected chi connectivity index (χ2v) is 10.4. The molecule has 8 nitrogen and oxygen atoms in total. The number of carbonyl (C=O) groups excluding carboxylic acids is 1. The average molecular weight is 513 g/mol. The molecule has 3 aromatic carbocycles. The van der Waals surface area contributed by atoms with Crippen LogP contribution in [0.15, 0.2) is 77.1 Å². The van der Waals surface area contributed by atoms with Crippen LogP contribution >= 0.6 is 11.3 Å². The second-order valence-electron chi connectivity index (χ2n) is 7.53. The molecule has 0 aliphatic carbocycles. The predicted octanol–water partition coefficient (Wildman–Crippen LogP) is 4.30. The van der Waals surface area contributed by atoms with Crippen LogP contribution in [0.25, 0.3) is 0 Å². The van der Waals surface area contributed by atoms with E-state index in [4.69, 9.17) is 4.74 Å². The molecule has 0 saturated carbocycles. The first kappa shape index (κ1) is 24.5.